The lowest BCUT2D eigenvalue weighted by atomic mass is 9.76. The Morgan fingerprint density at radius 1 is 0.921 bits per heavy atom. The smallest absolute Gasteiger partial charge is 0.257 e. The number of rotatable bonds is 6. The van der Waals surface area contributed by atoms with Gasteiger partial charge in [-0.05, 0) is 78.1 Å². The summed E-state index contributed by atoms with van der Waals surface area (Å²) in [5.74, 6) is 0.858. The number of carbonyl (C=O) groups excluding carboxylic acids is 1. The van der Waals surface area contributed by atoms with Crippen LogP contribution in [0.5, 0.6) is 11.5 Å². The number of hydrogen-bond donors (Lipinski definition) is 4. The summed E-state index contributed by atoms with van der Waals surface area (Å²) in [5.41, 5.74) is 6.17. The first-order valence-corrected chi connectivity index (χ1v) is 12.8. The zero-order valence-corrected chi connectivity index (χ0v) is 21.0. The molecule has 0 radical (unpaired) electrons. The van der Waals surface area contributed by atoms with Crippen LogP contribution in [0.15, 0.2) is 103 Å². The van der Waals surface area contributed by atoms with Crippen LogP contribution in [0.3, 0.4) is 0 Å². The zero-order chi connectivity index (χ0) is 26.1. The van der Waals surface area contributed by atoms with Gasteiger partial charge in [0.15, 0.2) is 11.5 Å². The van der Waals surface area contributed by atoms with Gasteiger partial charge in [-0.15, -0.1) is 0 Å². The molecule has 0 aromatic heterocycles. The maximum atomic E-state index is 13.5. The number of allylic oxidation sites excluding steroid dienone is 2. The van der Waals surface area contributed by atoms with E-state index in [1.54, 1.807) is 19.2 Å². The van der Waals surface area contributed by atoms with Gasteiger partial charge in [0.05, 0.1) is 24.4 Å². The minimum Gasteiger partial charge on any atom is -0.504 e. The summed E-state index contributed by atoms with van der Waals surface area (Å²) in [4.78, 5) is 13.5. The van der Waals surface area contributed by atoms with Gasteiger partial charge in [-0.3, -0.25) is 4.79 Å². The lowest BCUT2D eigenvalue weighted by molar-refractivity contribution is 0.102. The molecule has 4 aromatic carbocycles. The number of hydrogen-bond acceptors (Lipinski definition) is 5. The minimum atomic E-state index is -0.171. The largest absolute Gasteiger partial charge is 0.504 e. The van der Waals surface area contributed by atoms with E-state index in [1.807, 2.05) is 72.8 Å². The van der Waals surface area contributed by atoms with Crippen molar-refractivity contribution in [1.82, 2.24) is 0 Å². The molecule has 1 amide bonds. The molecule has 2 aliphatic rings. The van der Waals surface area contributed by atoms with E-state index in [9.17, 15) is 9.90 Å². The van der Waals surface area contributed by atoms with Gasteiger partial charge < -0.3 is 25.8 Å². The number of methoxy groups -OCH3 is 1. The van der Waals surface area contributed by atoms with E-state index in [2.05, 4.69) is 34.2 Å². The van der Waals surface area contributed by atoms with Crippen molar-refractivity contribution in [1.29, 1.82) is 0 Å². The molecule has 6 nitrogen and oxygen atoms in total. The molecular formula is C32H29N3O3. The molecule has 38 heavy (non-hydrogen) atoms. The van der Waals surface area contributed by atoms with Gasteiger partial charge in [0.25, 0.3) is 5.91 Å². The van der Waals surface area contributed by atoms with Crippen molar-refractivity contribution >= 4 is 28.7 Å². The Bertz CT molecular complexity index is 1500. The summed E-state index contributed by atoms with van der Waals surface area (Å²) < 4.78 is 5.23. The third-order valence-electron chi connectivity index (χ3n) is 7.41. The summed E-state index contributed by atoms with van der Waals surface area (Å²) in [6.45, 7) is 0. The molecule has 0 saturated heterocycles. The standard InChI is InChI=1S/C32H29N3O3/c1-38-29-18-13-20(19-28(29)36)30-25-10-5-9-24(25)26-11-6-12-27(31(26)35-30)32(37)34-23-16-14-22(15-17-23)33-21-7-3-2-4-8-21/h2-9,11-19,24-25,30,33,35-36H,10H2,1H3,(H,34,37). The fourth-order valence-corrected chi connectivity index (χ4v) is 5.56. The Morgan fingerprint density at radius 3 is 2.45 bits per heavy atom. The summed E-state index contributed by atoms with van der Waals surface area (Å²) >= 11 is 0. The van der Waals surface area contributed by atoms with Gasteiger partial charge in [0.1, 0.15) is 0 Å². The number of aromatic hydroxyl groups is 1. The number of amides is 1. The number of phenolic OH excluding ortho intramolecular Hbond substituents is 1. The molecule has 0 spiro atoms. The van der Waals surface area contributed by atoms with Gasteiger partial charge in [-0.25, -0.2) is 0 Å². The predicted octanol–water partition coefficient (Wildman–Crippen LogP) is 7.22. The van der Waals surface area contributed by atoms with Crippen LogP contribution in [0, 0.1) is 5.92 Å². The van der Waals surface area contributed by atoms with E-state index in [4.69, 9.17) is 4.74 Å². The van der Waals surface area contributed by atoms with Gasteiger partial charge in [-0.1, -0.05) is 48.6 Å². The zero-order valence-electron chi connectivity index (χ0n) is 21.0. The average molecular weight is 504 g/mol. The van der Waals surface area contributed by atoms with Crippen molar-refractivity contribution < 1.29 is 14.6 Å². The maximum absolute atomic E-state index is 13.5. The van der Waals surface area contributed by atoms with Crippen LogP contribution in [-0.4, -0.2) is 18.1 Å². The quantitative estimate of drug-likeness (QED) is 0.209. The molecule has 4 N–H and O–H groups in total. The molecule has 0 saturated carbocycles. The third kappa shape index (κ3) is 4.45. The first-order valence-electron chi connectivity index (χ1n) is 12.8. The van der Waals surface area contributed by atoms with Crippen molar-refractivity contribution in [2.75, 3.05) is 23.1 Å². The Hall–Kier alpha value is -4.71. The molecular weight excluding hydrogens is 474 g/mol. The number of anilines is 4. The van der Waals surface area contributed by atoms with Crippen molar-refractivity contribution in [3.05, 3.63) is 120 Å². The van der Waals surface area contributed by atoms with Gasteiger partial charge >= 0.3 is 0 Å². The molecule has 6 rings (SSSR count). The number of benzene rings is 4. The number of phenols is 1. The number of para-hydroxylation sites is 2. The highest BCUT2D eigenvalue weighted by molar-refractivity contribution is 6.08. The summed E-state index contributed by atoms with van der Waals surface area (Å²) in [6.07, 6.45) is 5.37. The molecule has 3 unspecified atom stereocenters. The fraction of sp³-hybridized carbons (Fsp3) is 0.156. The second-order valence-corrected chi connectivity index (χ2v) is 9.70. The Labute approximate surface area is 222 Å². The van der Waals surface area contributed by atoms with E-state index in [1.165, 1.54) is 0 Å². The van der Waals surface area contributed by atoms with Gasteiger partial charge in [-0.2, -0.15) is 0 Å². The molecule has 0 bridgehead atoms. The van der Waals surface area contributed by atoms with Crippen molar-refractivity contribution in [2.24, 2.45) is 5.92 Å². The second-order valence-electron chi connectivity index (χ2n) is 9.70. The van der Waals surface area contributed by atoms with Crippen molar-refractivity contribution in [3.8, 4) is 11.5 Å². The Kier molecular flexibility index (Phi) is 6.22. The molecule has 1 aliphatic heterocycles. The van der Waals surface area contributed by atoms with Crippen LogP contribution >= 0.6 is 0 Å². The van der Waals surface area contributed by atoms with Crippen LogP contribution in [0.2, 0.25) is 0 Å². The molecule has 3 atom stereocenters. The highest BCUT2D eigenvalue weighted by Crippen LogP contribution is 2.51. The topological polar surface area (TPSA) is 82.6 Å². The first-order chi connectivity index (χ1) is 18.6. The van der Waals surface area contributed by atoms with E-state index >= 15 is 0 Å². The van der Waals surface area contributed by atoms with E-state index in [0.29, 0.717) is 17.2 Å². The van der Waals surface area contributed by atoms with Crippen LogP contribution < -0.4 is 20.7 Å². The van der Waals surface area contributed by atoms with Crippen molar-refractivity contribution in [3.63, 3.8) is 0 Å². The second kappa shape index (κ2) is 9.98. The molecule has 190 valence electrons. The normalized spacial score (nSPS) is 19.1. The van der Waals surface area contributed by atoms with E-state index in [-0.39, 0.29) is 23.6 Å². The molecule has 1 aliphatic carbocycles. The monoisotopic (exact) mass is 503 g/mol. The van der Waals surface area contributed by atoms with Crippen LogP contribution in [0.25, 0.3) is 0 Å². The third-order valence-corrected chi connectivity index (χ3v) is 7.41. The van der Waals surface area contributed by atoms with Crippen LogP contribution in [0.4, 0.5) is 22.7 Å². The molecule has 1 heterocycles. The molecule has 0 fully saturated rings. The number of ether oxygens (including phenoxy) is 1. The van der Waals surface area contributed by atoms with E-state index in [0.717, 1.165) is 40.3 Å². The summed E-state index contributed by atoms with van der Waals surface area (Å²) in [6, 6.07) is 29.0. The first kappa shape index (κ1) is 23.7. The van der Waals surface area contributed by atoms with E-state index < -0.39 is 0 Å². The van der Waals surface area contributed by atoms with Gasteiger partial charge in [0, 0.05) is 23.0 Å². The fourth-order valence-electron chi connectivity index (χ4n) is 5.56. The Balaban J connectivity index is 1.26. The molecule has 4 aromatic rings. The lowest BCUT2D eigenvalue weighted by Crippen LogP contribution is -2.30. The minimum absolute atomic E-state index is 0.0587. The highest BCUT2D eigenvalue weighted by atomic mass is 16.5. The Morgan fingerprint density at radius 2 is 1.68 bits per heavy atom. The number of carbonyl (C=O) groups is 1. The van der Waals surface area contributed by atoms with Crippen molar-refractivity contribution in [2.45, 2.75) is 18.4 Å². The average Bonchev–Trinajstić information content (AvgIpc) is 3.44. The van der Waals surface area contributed by atoms with Gasteiger partial charge in [0.2, 0.25) is 0 Å². The predicted molar refractivity (Wildman–Crippen MR) is 152 cm³/mol. The number of nitrogens with one attached hydrogen (secondary N) is 3. The number of fused-ring (bicyclic) bond motifs is 3. The SMILES string of the molecule is COc1ccc(C2Nc3c(C(=O)Nc4ccc(Nc5ccccc5)cc4)cccc3C3C=CCC32)cc1O. The van der Waals surface area contributed by atoms with Crippen LogP contribution in [-0.2, 0) is 0 Å². The maximum Gasteiger partial charge on any atom is 0.257 e. The summed E-state index contributed by atoms with van der Waals surface area (Å²) in [7, 11) is 1.54. The summed E-state index contributed by atoms with van der Waals surface area (Å²) in [5, 5.41) is 20.5. The lowest BCUT2D eigenvalue weighted by Gasteiger charge is -2.38. The molecule has 6 heteroatoms. The van der Waals surface area contributed by atoms with Crippen LogP contribution in [0.1, 0.15) is 39.9 Å². The highest BCUT2D eigenvalue weighted by Gasteiger charge is 2.39.